The Kier molecular flexibility index (Phi) is 5.91. The van der Waals surface area contributed by atoms with Crippen molar-refractivity contribution in [2.45, 2.75) is 25.4 Å². The SMILES string of the molecule is CCN(Cc1cccc(F)c1)C(=O)c1c(C)nc(-c2ccco2)nc1SC. The minimum atomic E-state index is -0.317. The van der Waals surface area contributed by atoms with Crippen LogP contribution in [0.4, 0.5) is 4.39 Å². The third kappa shape index (κ3) is 4.19. The van der Waals surface area contributed by atoms with Crippen LogP contribution in [-0.2, 0) is 6.54 Å². The molecule has 2 aromatic heterocycles. The highest BCUT2D eigenvalue weighted by Gasteiger charge is 2.24. The largest absolute Gasteiger partial charge is 0.461 e. The van der Waals surface area contributed by atoms with Crippen LogP contribution in [0.1, 0.15) is 28.5 Å². The van der Waals surface area contributed by atoms with Crippen LogP contribution in [0.25, 0.3) is 11.6 Å². The van der Waals surface area contributed by atoms with Crippen LogP contribution in [0.15, 0.2) is 52.1 Å². The van der Waals surface area contributed by atoms with Crippen LogP contribution in [-0.4, -0.2) is 33.6 Å². The Morgan fingerprint density at radius 1 is 1.26 bits per heavy atom. The van der Waals surface area contributed by atoms with Crippen molar-refractivity contribution in [1.82, 2.24) is 14.9 Å². The van der Waals surface area contributed by atoms with E-state index in [1.165, 1.54) is 23.9 Å². The van der Waals surface area contributed by atoms with E-state index in [1.807, 2.05) is 13.2 Å². The van der Waals surface area contributed by atoms with Crippen molar-refractivity contribution in [3.8, 4) is 11.6 Å². The second-order valence-corrected chi connectivity index (χ2v) is 6.74. The number of carbonyl (C=O) groups is 1. The number of aromatic nitrogens is 2. The number of nitrogens with zero attached hydrogens (tertiary/aromatic N) is 3. The molecule has 0 aliphatic rings. The Hall–Kier alpha value is -2.67. The fraction of sp³-hybridized carbons (Fsp3) is 0.250. The van der Waals surface area contributed by atoms with Gasteiger partial charge in [0.05, 0.1) is 17.5 Å². The predicted octanol–water partition coefficient (Wildman–Crippen LogP) is 4.57. The topological polar surface area (TPSA) is 59.2 Å². The fourth-order valence-electron chi connectivity index (χ4n) is 2.80. The maximum atomic E-state index is 13.5. The number of amides is 1. The van der Waals surface area contributed by atoms with Gasteiger partial charge in [0.1, 0.15) is 10.8 Å². The van der Waals surface area contributed by atoms with Gasteiger partial charge in [-0.1, -0.05) is 12.1 Å². The monoisotopic (exact) mass is 385 g/mol. The van der Waals surface area contributed by atoms with Gasteiger partial charge in [-0.25, -0.2) is 14.4 Å². The average molecular weight is 385 g/mol. The first-order valence-electron chi connectivity index (χ1n) is 8.53. The standard InChI is InChI=1S/C20H20FN3O2S/c1-4-24(12-14-7-5-8-15(21)11-14)20(25)17-13(2)22-18(23-19(17)27-3)16-9-6-10-26-16/h5-11H,4,12H2,1-3H3. The van der Waals surface area contributed by atoms with Gasteiger partial charge in [-0.05, 0) is 49.9 Å². The van der Waals surface area contributed by atoms with Crippen molar-refractivity contribution in [3.63, 3.8) is 0 Å². The maximum absolute atomic E-state index is 13.5. The molecule has 0 unspecified atom stereocenters. The molecule has 1 aromatic carbocycles. The molecule has 140 valence electrons. The molecular formula is C20H20FN3O2S. The summed E-state index contributed by atoms with van der Waals surface area (Å²) in [7, 11) is 0. The number of rotatable bonds is 6. The molecule has 0 aliphatic carbocycles. The molecule has 2 heterocycles. The number of carbonyl (C=O) groups excluding carboxylic acids is 1. The van der Waals surface area contributed by atoms with Crippen LogP contribution in [0.2, 0.25) is 0 Å². The summed E-state index contributed by atoms with van der Waals surface area (Å²) in [5, 5.41) is 0.594. The molecule has 0 N–H and O–H groups in total. The molecule has 27 heavy (non-hydrogen) atoms. The van der Waals surface area contributed by atoms with E-state index >= 15 is 0 Å². The normalized spacial score (nSPS) is 10.8. The van der Waals surface area contributed by atoms with Gasteiger partial charge < -0.3 is 9.32 Å². The number of furan rings is 1. The molecule has 0 aliphatic heterocycles. The fourth-order valence-corrected chi connectivity index (χ4v) is 3.41. The molecular weight excluding hydrogens is 365 g/mol. The molecule has 0 fully saturated rings. The molecule has 3 rings (SSSR count). The molecule has 0 atom stereocenters. The number of aryl methyl sites for hydroxylation is 1. The lowest BCUT2D eigenvalue weighted by Gasteiger charge is -2.23. The number of halogens is 1. The third-order valence-electron chi connectivity index (χ3n) is 4.14. The van der Waals surface area contributed by atoms with Gasteiger partial charge in [-0.2, -0.15) is 0 Å². The second kappa shape index (κ2) is 8.35. The van der Waals surface area contributed by atoms with Crippen LogP contribution < -0.4 is 0 Å². The van der Waals surface area contributed by atoms with Gasteiger partial charge in [-0.15, -0.1) is 11.8 Å². The van der Waals surface area contributed by atoms with E-state index in [2.05, 4.69) is 9.97 Å². The Morgan fingerprint density at radius 2 is 2.07 bits per heavy atom. The highest BCUT2D eigenvalue weighted by molar-refractivity contribution is 7.98. The molecule has 0 radical (unpaired) electrons. The molecule has 7 heteroatoms. The minimum absolute atomic E-state index is 0.172. The highest BCUT2D eigenvalue weighted by Crippen LogP contribution is 2.26. The second-order valence-electron chi connectivity index (χ2n) is 5.94. The molecule has 5 nitrogen and oxygen atoms in total. The number of benzene rings is 1. The van der Waals surface area contributed by atoms with Crippen molar-refractivity contribution in [1.29, 1.82) is 0 Å². The van der Waals surface area contributed by atoms with Crippen LogP contribution in [0.3, 0.4) is 0 Å². The highest BCUT2D eigenvalue weighted by atomic mass is 32.2. The average Bonchev–Trinajstić information content (AvgIpc) is 3.19. The first kappa shape index (κ1) is 19.1. The van der Waals surface area contributed by atoms with E-state index in [4.69, 9.17) is 4.42 Å². The molecule has 0 saturated carbocycles. The van der Waals surface area contributed by atoms with Crippen LogP contribution in [0, 0.1) is 12.7 Å². The first-order chi connectivity index (χ1) is 13.0. The van der Waals surface area contributed by atoms with Crippen molar-refractivity contribution in [2.75, 3.05) is 12.8 Å². The number of hydrogen-bond acceptors (Lipinski definition) is 5. The van der Waals surface area contributed by atoms with E-state index < -0.39 is 0 Å². The quantitative estimate of drug-likeness (QED) is 0.460. The Morgan fingerprint density at radius 3 is 2.70 bits per heavy atom. The van der Waals surface area contributed by atoms with E-state index in [9.17, 15) is 9.18 Å². The zero-order chi connectivity index (χ0) is 19.4. The summed E-state index contributed by atoms with van der Waals surface area (Å²) in [6.45, 7) is 4.49. The van der Waals surface area contributed by atoms with Gasteiger partial charge in [0.25, 0.3) is 5.91 Å². The van der Waals surface area contributed by atoms with Crippen LogP contribution in [0.5, 0.6) is 0 Å². The summed E-state index contributed by atoms with van der Waals surface area (Å²) in [6, 6.07) is 9.82. The zero-order valence-corrected chi connectivity index (χ0v) is 16.2. The molecule has 0 bridgehead atoms. The summed E-state index contributed by atoms with van der Waals surface area (Å²) in [5.41, 5.74) is 1.79. The zero-order valence-electron chi connectivity index (χ0n) is 15.4. The summed E-state index contributed by atoms with van der Waals surface area (Å²) < 4.78 is 18.8. The van der Waals surface area contributed by atoms with Crippen molar-refractivity contribution in [3.05, 3.63) is 65.3 Å². The Labute approximate surface area is 161 Å². The molecule has 0 saturated heterocycles. The lowest BCUT2D eigenvalue weighted by Crippen LogP contribution is -2.31. The molecule has 0 spiro atoms. The Bertz CT molecular complexity index is 944. The van der Waals surface area contributed by atoms with Gasteiger partial charge in [-0.3, -0.25) is 4.79 Å². The Balaban J connectivity index is 1.94. The first-order valence-corrected chi connectivity index (χ1v) is 9.76. The smallest absolute Gasteiger partial charge is 0.258 e. The number of thioether (sulfide) groups is 1. The minimum Gasteiger partial charge on any atom is -0.461 e. The van der Waals surface area contributed by atoms with Crippen LogP contribution >= 0.6 is 11.8 Å². The van der Waals surface area contributed by atoms with E-state index in [1.54, 1.807) is 42.4 Å². The van der Waals surface area contributed by atoms with Gasteiger partial charge in [0, 0.05) is 13.1 Å². The van der Waals surface area contributed by atoms with Crippen molar-refractivity contribution < 1.29 is 13.6 Å². The summed E-state index contributed by atoms with van der Waals surface area (Å²) in [6.07, 6.45) is 3.43. The predicted molar refractivity (Wildman–Crippen MR) is 103 cm³/mol. The van der Waals surface area contributed by atoms with Crippen molar-refractivity contribution >= 4 is 17.7 Å². The molecule has 3 aromatic rings. The van der Waals surface area contributed by atoms with E-state index in [0.29, 0.717) is 41.0 Å². The summed E-state index contributed by atoms with van der Waals surface area (Å²) in [4.78, 5) is 23.8. The molecule has 1 amide bonds. The third-order valence-corrected chi connectivity index (χ3v) is 4.82. The van der Waals surface area contributed by atoms with Gasteiger partial charge in [0.2, 0.25) is 0 Å². The maximum Gasteiger partial charge on any atom is 0.258 e. The van der Waals surface area contributed by atoms with Gasteiger partial charge >= 0.3 is 0 Å². The summed E-state index contributed by atoms with van der Waals surface area (Å²) in [5.74, 6) is 0.517. The van der Waals surface area contributed by atoms with Gasteiger partial charge in [0.15, 0.2) is 11.6 Å². The van der Waals surface area contributed by atoms with E-state index in [0.717, 1.165) is 5.56 Å². The lowest BCUT2D eigenvalue weighted by atomic mass is 10.1. The van der Waals surface area contributed by atoms with Crippen molar-refractivity contribution in [2.24, 2.45) is 0 Å². The number of hydrogen-bond donors (Lipinski definition) is 0. The lowest BCUT2D eigenvalue weighted by molar-refractivity contribution is 0.0746. The summed E-state index contributed by atoms with van der Waals surface area (Å²) >= 11 is 1.39. The van der Waals surface area contributed by atoms with E-state index in [-0.39, 0.29) is 11.7 Å².